The molecule has 4 rings (SSSR count). The van der Waals surface area contributed by atoms with Gasteiger partial charge in [-0.05, 0) is 54.6 Å². The van der Waals surface area contributed by atoms with Crippen LogP contribution >= 0.6 is 23.2 Å². The maximum atomic E-state index is 12.5. The molecule has 0 aliphatic carbocycles. The van der Waals surface area contributed by atoms with E-state index < -0.39 is 9.84 Å². The van der Waals surface area contributed by atoms with Crippen LogP contribution in [0.4, 0.5) is 5.69 Å². The zero-order valence-electron chi connectivity index (χ0n) is 16.2. The lowest BCUT2D eigenvalue weighted by molar-refractivity contribution is 0.102. The number of hydrogen-bond donors (Lipinski definition) is 1. The van der Waals surface area contributed by atoms with E-state index in [1.165, 1.54) is 24.3 Å². The van der Waals surface area contributed by atoms with Crippen molar-refractivity contribution in [2.45, 2.75) is 11.8 Å². The van der Waals surface area contributed by atoms with Crippen molar-refractivity contribution >= 4 is 55.7 Å². The number of benzene rings is 3. The maximum Gasteiger partial charge on any atom is 0.255 e. The van der Waals surface area contributed by atoms with E-state index in [0.717, 1.165) is 0 Å². The van der Waals surface area contributed by atoms with Gasteiger partial charge in [0.15, 0.2) is 15.4 Å². The van der Waals surface area contributed by atoms with Gasteiger partial charge in [0.25, 0.3) is 5.91 Å². The highest BCUT2D eigenvalue weighted by Gasteiger charge is 2.16. The summed E-state index contributed by atoms with van der Waals surface area (Å²) in [6.07, 6.45) is 0. The highest BCUT2D eigenvalue weighted by molar-refractivity contribution is 7.91. The molecule has 158 valence electrons. The summed E-state index contributed by atoms with van der Waals surface area (Å²) in [6.45, 7) is 1.59. The predicted octanol–water partition coefficient (Wildman–Crippen LogP) is 5.85. The van der Waals surface area contributed by atoms with Gasteiger partial charge in [-0.2, -0.15) is 0 Å². The summed E-state index contributed by atoms with van der Waals surface area (Å²) in [5, 5.41) is 3.51. The van der Waals surface area contributed by atoms with Crippen LogP contribution in [0.3, 0.4) is 0 Å². The lowest BCUT2D eigenvalue weighted by atomic mass is 10.1. The lowest BCUT2D eigenvalue weighted by Crippen LogP contribution is -2.11. The van der Waals surface area contributed by atoms with Gasteiger partial charge in [-0.15, -0.1) is 0 Å². The third-order valence-corrected chi connectivity index (χ3v) is 6.76. The Morgan fingerprint density at radius 3 is 2.48 bits per heavy atom. The minimum atomic E-state index is -3.35. The third kappa shape index (κ3) is 4.58. The van der Waals surface area contributed by atoms with Gasteiger partial charge in [0.2, 0.25) is 5.89 Å². The summed E-state index contributed by atoms with van der Waals surface area (Å²) < 4.78 is 30.0. The number of sulfone groups is 1. The normalized spacial score (nSPS) is 11.6. The van der Waals surface area contributed by atoms with E-state index in [2.05, 4.69) is 10.3 Å². The van der Waals surface area contributed by atoms with E-state index in [1.807, 2.05) is 0 Å². The van der Waals surface area contributed by atoms with Gasteiger partial charge in [-0.25, -0.2) is 13.4 Å². The largest absolute Gasteiger partial charge is 0.436 e. The molecule has 0 spiro atoms. The van der Waals surface area contributed by atoms with E-state index in [9.17, 15) is 13.2 Å². The topological polar surface area (TPSA) is 89.3 Å². The zero-order chi connectivity index (χ0) is 22.2. The number of carbonyl (C=O) groups excluding carboxylic acids is 1. The standard InChI is InChI=1S/C22H16Cl2N2O4S/c1-2-31(28,29)18-6-7-20-19(12-18)26-22(30-20)13-4-3-5-17(10-13)25-21(27)14-8-15(23)11-16(24)9-14/h3-12H,2H2,1H3,(H,25,27). The number of rotatable bonds is 5. The van der Waals surface area contributed by atoms with E-state index in [-0.39, 0.29) is 16.6 Å². The Hall–Kier alpha value is -2.87. The summed E-state index contributed by atoms with van der Waals surface area (Å²) in [5.74, 6) is -0.0560. The van der Waals surface area contributed by atoms with Crippen molar-refractivity contribution in [2.24, 2.45) is 0 Å². The van der Waals surface area contributed by atoms with Gasteiger partial charge < -0.3 is 9.73 Å². The van der Waals surface area contributed by atoms with Gasteiger partial charge in [0, 0.05) is 26.9 Å². The van der Waals surface area contributed by atoms with Crippen LogP contribution in [-0.4, -0.2) is 25.1 Å². The number of halogens is 2. The minimum absolute atomic E-state index is 0.00277. The first kappa shape index (κ1) is 21.4. The Kier molecular flexibility index (Phi) is 5.75. The number of hydrogen-bond acceptors (Lipinski definition) is 5. The summed E-state index contributed by atoms with van der Waals surface area (Å²) >= 11 is 11.9. The fraction of sp³-hybridized carbons (Fsp3) is 0.0909. The molecular weight excluding hydrogens is 459 g/mol. The molecule has 0 bridgehead atoms. The van der Waals surface area contributed by atoms with Crippen molar-refractivity contribution in [1.29, 1.82) is 0 Å². The Labute approximate surface area is 188 Å². The van der Waals surface area contributed by atoms with E-state index in [0.29, 0.717) is 43.9 Å². The van der Waals surface area contributed by atoms with Crippen molar-refractivity contribution in [1.82, 2.24) is 4.98 Å². The summed E-state index contributed by atoms with van der Waals surface area (Å²) in [5.41, 5.74) is 2.38. The van der Waals surface area contributed by atoms with Gasteiger partial charge in [-0.1, -0.05) is 36.2 Å². The molecule has 0 fully saturated rings. The molecule has 1 N–H and O–H groups in total. The molecule has 0 atom stereocenters. The van der Waals surface area contributed by atoms with Crippen LogP contribution in [0.15, 0.2) is 70.0 Å². The molecule has 0 aliphatic heterocycles. The van der Waals surface area contributed by atoms with E-state index >= 15 is 0 Å². The molecule has 0 unspecified atom stereocenters. The van der Waals surface area contributed by atoms with Gasteiger partial charge >= 0.3 is 0 Å². The second-order valence-electron chi connectivity index (χ2n) is 6.75. The van der Waals surface area contributed by atoms with Crippen LogP contribution in [0.2, 0.25) is 10.0 Å². The smallest absolute Gasteiger partial charge is 0.255 e. The SMILES string of the molecule is CCS(=O)(=O)c1ccc2oc(-c3cccc(NC(=O)c4cc(Cl)cc(Cl)c4)c3)nc2c1. The zero-order valence-corrected chi connectivity index (χ0v) is 18.6. The highest BCUT2D eigenvalue weighted by Crippen LogP contribution is 2.28. The van der Waals surface area contributed by atoms with Gasteiger partial charge in [0.05, 0.1) is 10.6 Å². The highest BCUT2D eigenvalue weighted by atomic mass is 35.5. The Morgan fingerprint density at radius 1 is 1.03 bits per heavy atom. The number of anilines is 1. The lowest BCUT2D eigenvalue weighted by Gasteiger charge is -2.07. The number of fused-ring (bicyclic) bond motifs is 1. The minimum Gasteiger partial charge on any atom is -0.436 e. The number of nitrogens with one attached hydrogen (secondary N) is 1. The Morgan fingerprint density at radius 2 is 1.77 bits per heavy atom. The van der Waals surface area contributed by atoms with Crippen molar-refractivity contribution < 1.29 is 17.6 Å². The summed E-state index contributed by atoms with van der Waals surface area (Å²) in [4.78, 5) is 17.2. The quantitative estimate of drug-likeness (QED) is 0.391. The maximum absolute atomic E-state index is 12.5. The second-order valence-corrected chi connectivity index (χ2v) is 9.90. The molecule has 31 heavy (non-hydrogen) atoms. The van der Waals surface area contributed by atoms with Crippen LogP contribution in [0.25, 0.3) is 22.6 Å². The molecule has 0 aliphatic rings. The summed E-state index contributed by atoms with van der Waals surface area (Å²) in [7, 11) is -3.35. The summed E-state index contributed by atoms with van der Waals surface area (Å²) in [6, 6.07) is 16.1. The van der Waals surface area contributed by atoms with Gasteiger partial charge in [-0.3, -0.25) is 4.79 Å². The van der Waals surface area contributed by atoms with Crippen molar-refractivity contribution in [3.63, 3.8) is 0 Å². The fourth-order valence-corrected chi connectivity index (χ4v) is 4.43. The first-order chi connectivity index (χ1) is 14.7. The molecule has 1 aromatic heterocycles. The average Bonchev–Trinajstić information content (AvgIpc) is 3.17. The molecule has 9 heteroatoms. The second kappa shape index (κ2) is 8.34. The average molecular weight is 475 g/mol. The van der Waals surface area contributed by atoms with Crippen LogP contribution in [0.5, 0.6) is 0 Å². The molecule has 0 saturated heterocycles. The molecule has 0 saturated carbocycles. The van der Waals surface area contributed by atoms with Crippen LogP contribution in [0.1, 0.15) is 17.3 Å². The molecular formula is C22H16Cl2N2O4S. The van der Waals surface area contributed by atoms with Crippen molar-refractivity contribution in [3.05, 3.63) is 76.3 Å². The monoisotopic (exact) mass is 474 g/mol. The van der Waals surface area contributed by atoms with Crippen LogP contribution in [0, 0.1) is 0 Å². The third-order valence-electron chi connectivity index (χ3n) is 4.59. The van der Waals surface area contributed by atoms with Crippen LogP contribution < -0.4 is 5.32 Å². The van der Waals surface area contributed by atoms with Gasteiger partial charge in [0.1, 0.15) is 5.52 Å². The molecule has 1 amide bonds. The van der Waals surface area contributed by atoms with Crippen molar-refractivity contribution in [2.75, 3.05) is 11.1 Å². The number of aromatic nitrogens is 1. The number of nitrogens with zero attached hydrogens (tertiary/aromatic N) is 1. The van der Waals surface area contributed by atoms with E-state index in [1.54, 1.807) is 43.3 Å². The Balaban J connectivity index is 1.63. The van der Waals surface area contributed by atoms with E-state index in [4.69, 9.17) is 27.6 Å². The van der Waals surface area contributed by atoms with Crippen LogP contribution in [-0.2, 0) is 9.84 Å². The fourth-order valence-electron chi connectivity index (χ4n) is 3.01. The number of oxazole rings is 1. The van der Waals surface area contributed by atoms with Crippen molar-refractivity contribution in [3.8, 4) is 11.5 Å². The molecule has 0 radical (unpaired) electrons. The predicted molar refractivity (Wildman–Crippen MR) is 122 cm³/mol. The number of carbonyl (C=O) groups is 1. The molecule has 6 nitrogen and oxygen atoms in total. The molecule has 4 aromatic rings. The molecule has 3 aromatic carbocycles. The number of amides is 1. The first-order valence-corrected chi connectivity index (χ1v) is 11.7. The Bertz CT molecular complexity index is 1390. The molecule has 1 heterocycles. The first-order valence-electron chi connectivity index (χ1n) is 9.26.